The van der Waals surface area contributed by atoms with Gasteiger partial charge in [0.05, 0.1) is 12.7 Å². The van der Waals surface area contributed by atoms with Crippen LogP contribution in [0.15, 0.2) is 22.7 Å². The Morgan fingerprint density at radius 2 is 2.32 bits per heavy atom. The van der Waals surface area contributed by atoms with Gasteiger partial charge in [-0.05, 0) is 37.6 Å². The van der Waals surface area contributed by atoms with Crippen molar-refractivity contribution >= 4 is 21.6 Å². The van der Waals surface area contributed by atoms with Gasteiger partial charge in [0.25, 0.3) is 0 Å². The topological polar surface area (TPSA) is 24.5 Å². The zero-order chi connectivity index (χ0) is 13.7. The van der Waals surface area contributed by atoms with Crippen LogP contribution in [0, 0.1) is 0 Å². The Morgan fingerprint density at radius 3 is 3.05 bits per heavy atom. The summed E-state index contributed by atoms with van der Waals surface area (Å²) in [5, 5.41) is 3.49. The normalized spacial score (nSPS) is 19.7. The smallest absolute Gasteiger partial charge is 0.0722 e. The van der Waals surface area contributed by atoms with Crippen molar-refractivity contribution in [3.63, 3.8) is 0 Å². The average Bonchev–Trinajstić information content (AvgIpc) is 2.40. The van der Waals surface area contributed by atoms with Crippen LogP contribution in [0.1, 0.15) is 25.8 Å². The van der Waals surface area contributed by atoms with Crippen LogP contribution in [0.4, 0.5) is 5.69 Å². The predicted octanol–water partition coefficient (Wildman–Crippen LogP) is 3.17. The maximum absolute atomic E-state index is 5.63. The van der Waals surface area contributed by atoms with Gasteiger partial charge in [-0.25, -0.2) is 0 Å². The molecule has 1 saturated heterocycles. The molecule has 0 spiro atoms. The van der Waals surface area contributed by atoms with Crippen molar-refractivity contribution in [2.45, 2.75) is 32.9 Å². The number of halogens is 1. The summed E-state index contributed by atoms with van der Waals surface area (Å²) in [6, 6.07) is 6.56. The first-order chi connectivity index (χ1) is 9.20. The number of anilines is 1. The molecule has 1 atom stereocenters. The van der Waals surface area contributed by atoms with Crippen molar-refractivity contribution in [2.75, 3.05) is 31.1 Å². The minimum atomic E-state index is 0.309. The molecule has 1 aliphatic rings. The third-order valence-electron chi connectivity index (χ3n) is 3.37. The predicted molar refractivity (Wildman–Crippen MR) is 83.8 cm³/mol. The van der Waals surface area contributed by atoms with E-state index in [1.807, 2.05) is 0 Å². The van der Waals surface area contributed by atoms with Crippen molar-refractivity contribution in [1.29, 1.82) is 0 Å². The lowest BCUT2D eigenvalue weighted by atomic mass is 10.1. The molecule has 0 aliphatic carbocycles. The highest BCUT2D eigenvalue weighted by atomic mass is 79.9. The highest BCUT2D eigenvalue weighted by Gasteiger charge is 2.19. The molecule has 0 aromatic heterocycles. The summed E-state index contributed by atoms with van der Waals surface area (Å²) in [5.41, 5.74) is 2.69. The number of hydrogen-bond acceptors (Lipinski definition) is 3. The lowest BCUT2D eigenvalue weighted by Crippen LogP contribution is -2.41. The van der Waals surface area contributed by atoms with Crippen LogP contribution in [-0.2, 0) is 11.3 Å². The van der Waals surface area contributed by atoms with Gasteiger partial charge in [-0.15, -0.1) is 0 Å². The van der Waals surface area contributed by atoms with Crippen LogP contribution in [0.5, 0.6) is 0 Å². The molecule has 19 heavy (non-hydrogen) atoms. The van der Waals surface area contributed by atoms with E-state index in [4.69, 9.17) is 4.74 Å². The van der Waals surface area contributed by atoms with E-state index in [0.717, 1.165) is 37.3 Å². The van der Waals surface area contributed by atoms with Gasteiger partial charge >= 0.3 is 0 Å². The molecule has 4 heteroatoms. The van der Waals surface area contributed by atoms with Crippen molar-refractivity contribution < 1.29 is 4.74 Å². The van der Waals surface area contributed by atoms with Crippen LogP contribution >= 0.6 is 15.9 Å². The van der Waals surface area contributed by atoms with Gasteiger partial charge in [0, 0.05) is 29.8 Å². The maximum Gasteiger partial charge on any atom is 0.0722 e. The third-order valence-corrected chi connectivity index (χ3v) is 3.86. The van der Waals surface area contributed by atoms with Gasteiger partial charge in [-0.2, -0.15) is 0 Å². The van der Waals surface area contributed by atoms with E-state index >= 15 is 0 Å². The van der Waals surface area contributed by atoms with E-state index in [1.54, 1.807) is 0 Å². The Hall–Kier alpha value is -0.580. The monoisotopic (exact) mass is 326 g/mol. The summed E-state index contributed by atoms with van der Waals surface area (Å²) in [7, 11) is 0. The number of ether oxygens (including phenoxy) is 1. The standard InChI is InChI=1S/C15H23BrN2O/c1-3-6-17-10-13-4-5-14(16)9-15(13)18-7-8-19-12(2)11-18/h4-5,9,12,17H,3,6-8,10-11H2,1-2H3. The van der Waals surface area contributed by atoms with E-state index in [0.29, 0.717) is 6.10 Å². The molecule has 2 rings (SSSR count). The third kappa shape index (κ3) is 4.20. The SMILES string of the molecule is CCCNCc1ccc(Br)cc1N1CCOC(C)C1. The Kier molecular flexibility index (Phi) is 5.67. The van der Waals surface area contributed by atoms with E-state index in [1.165, 1.54) is 17.7 Å². The summed E-state index contributed by atoms with van der Waals surface area (Å²) in [6.45, 7) is 9.09. The van der Waals surface area contributed by atoms with Crippen molar-refractivity contribution in [1.82, 2.24) is 5.32 Å². The molecule has 1 heterocycles. The summed E-state index contributed by atoms with van der Waals surface area (Å²) in [5.74, 6) is 0. The molecule has 0 amide bonds. The molecular formula is C15H23BrN2O. The Bertz CT molecular complexity index is 411. The molecule has 0 saturated carbocycles. The van der Waals surface area contributed by atoms with Gasteiger partial charge in [0.2, 0.25) is 0 Å². The molecule has 1 aromatic rings. The van der Waals surface area contributed by atoms with Gasteiger partial charge in [-0.1, -0.05) is 28.9 Å². The summed E-state index contributed by atoms with van der Waals surface area (Å²) < 4.78 is 6.77. The van der Waals surface area contributed by atoms with Gasteiger partial charge < -0.3 is 15.0 Å². The first-order valence-electron chi connectivity index (χ1n) is 7.06. The lowest BCUT2D eigenvalue weighted by Gasteiger charge is -2.34. The van der Waals surface area contributed by atoms with Crippen LogP contribution < -0.4 is 10.2 Å². The zero-order valence-electron chi connectivity index (χ0n) is 11.8. The van der Waals surface area contributed by atoms with E-state index in [-0.39, 0.29) is 0 Å². The number of nitrogens with zero attached hydrogens (tertiary/aromatic N) is 1. The maximum atomic E-state index is 5.63. The van der Waals surface area contributed by atoms with Crippen LogP contribution in [0.3, 0.4) is 0 Å². The van der Waals surface area contributed by atoms with Gasteiger partial charge in [0.1, 0.15) is 0 Å². The zero-order valence-corrected chi connectivity index (χ0v) is 13.4. The van der Waals surface area contributed by atoms with Crippen molar-refractivity contribution in [3.8, 4) is 0 Å². The number of benzene rings is 1. The summed E-state index contributed by atoms with van der Waals surface area (Å²) in [4.78, 5) is 2.43. The van der Waals surface area contributed by atoms with E-state index in [2.05, 4.69) is 58.2 Å². The number of rotatable bonds is 5. The number of hydrogen-bond donors (Lipinski definition) is 1. The second-order valence-electron chi connectivity index (χ2n) is 5.08. The second kappa shape index (κ2) is 7.27. The quantitative estimate of drug-likeness (QED) is 0.841. The van der Waals surface area contributed by atoms with Crippen LogP contribution in [0.2, 0.25) is 0 Å². The molecule has 0 bridgehead atoms. The number of nitrogens with one attached hydrogen (secondary N) is 1. The van der Waals surface area contributed by atoms with Crippen LogP contribution in [0.25, 0.3) is 0 Å². The number of morpholine rings is 1. The Balaban J connectivity index is 2.13. The molecule has 1 N–H and O–H groups in total. The molecule has 1 aliphatic heterocycles. The van der Waals surface area contributed by atoms with E-state index in [9.17, 15) is 0 Å². The average molecular weight is 327 g/mol. The van der Waals surface area contributed by atoms with Crippen molar-refractivity contribution in [3.05, 3.63) is 28.2 Å². The Labute approximate surface area is 124 Å². The first-order valence-corrected chi connectivity index (χ1v) is 7.85. The molecule has 1 aromatic carbocycles. The molecule has 1 unspecified atom stereocenters. The molecule has 0 radical (unpaired) electrons. The molecule has 1 fully saturated rings. The van der Waals surface area contributed by atoms with E-state index < -0.39 is 0 Å². The fourth-order valence-electron chi connectivity index (χ4n) is 2.42. The molecule has 106 valence electrons. The minimum absolute atomic E-state index is 0.309. The lowest BCUT2D eigenvalue weighted by molar-refractivity contribution is 0.0531. The highest BCUT2D eigenvalue weighted by Crippen LogP contribution is 2.26. The first kappa shape index (κ1) is 14.8. The fourth-order valence-corrected chi connectivity index (χ4v) is 2.77. The molecule has 3 nitrogen and oxygen atoms in total. The van der Waals surface area contributed by atoms with Gasteiger partial charge in [0.15, 0.2) is 0 Å². The van der Waals surface area contributed by atoms with Crippen LogP contribution in [-0.4, -0.2) is 32.3 Å². The van der Waals surface area contributed by atoms with Gasteiger partial charge in [-0.3, -0.25) is 0 Å². The minimum Gasteiger partial charge on any atom is -0.375 e. The molecular weight excluding hydrogens is 304 g/mol. The summed E-state index contributed by atoms with van der Waals surface area (Å²) in [6.07, 6.45) is 1.48. The highest BCUT2D eigenvalue weighted by molar-refractivity contribution is 9.10. The fraction of sp³-hybridized carbons (Fsp3) is 0.600. The summed E-state index contributed by atoms with van der Waals surface area (Å²) >= 11 is 3.58. The van der Waals surface area contributed by atoms with Crippen molar-refractivity contribution in [2.24, 2.45) is 0 Å². The largest absolute Gasteiger partial charge is 0.375 e. The second-order valence-corrected chi connectivity index (χ2v) is 5.99. The Morgan fingerprint density at radius 1 is 1.47 bits per heavy atom.